The SMILES string of the molecule is COC(=O)C(C(C)=O)(C(=O)/C=C/c1ccccc1)C(=O)/C=C/c1ccccc1. The van der Waals surface area contributed by atoms with Crippen LogP contribution in [0.3, 0.4) is 0 Å². The van der Waals surface area contributed by atoms with Crippen LogP contribution in [0.25, 0.3) is 12.2 Å². The number of Topliss-reactive ketones (excluding diaryl/α,β-unsaturated/α-hetero) is 1. The summed E-state index contributed by atoms with van der Waals surface area (Å²) in [6.45, 7) is 1.03. The van der Waals surface area contributed by atoms with Crippen molar-refractivity contribution in [3.8, 4) is 0 Å². The van der Waals surface area contributed by atoms with Crippen LogP contribution in [0.15, 0.2) is 72.8 Å². The van der Waals surface area contributed by atoms with Crippen molar-refractivity contribution >= 4 is 35.5 Å². The fourth-order valence-electron chi connectivity index (χ4n) is 2.69. The van der Waals surface area contributed by atoms with Crippen molar-refractivity contribution in [2.24, 2.45) is 5.41 Å². The summed E-state index contributed by atoms with van der Waals surface area (Å²) in [5.74, 6) is -3.99. The van der Waals surface area contributed by atoms with E-state index < -0.39 is 28.7 Å². The number of methoxy groups -OCH3 is 1. The monoisotopic (exact) mass is 376 g/mol. The van der Waals surface area contributed by atoms with Crippen molar-refractivity contribution < 1.29 is 23.9 Å². The van der Waals surface area contributed by atoms with Crippen LogP contribution < -0.4 is 0 Å². The first-order valence-electron chi connectivity index (χ1n) is 8.57. The third-order valence-corrected chi connectivity index (χ3v) is 4.21. The highest BCUT2D eigenvalue weighted by atomic mass is 16.5. The van der Waals surface area contributed by atoms with Crippen LogP contribution in [0, 0.1) is 5.41 Å². The van der Waals surface area contributed by atoms with Gasteiger partial charge in [-0.15, -0.1) is 0 Å². The Bertz CT molecular complexity index is 862. The van der Waals surface area contributed by atoms with E-state index in [1.165, 1.54) is 12.2 Å². The second-order valence-corrected chi connectivity index (χ2v) is 6.01. The second-order valence-electron chi connectivity index (χ2n) is 6.01. The molecule has 0 aliphatic carbocycles. The minimum absolute atomic E-state index is 0.686. The summed E-state index contributed by atoms with van der Waals surface area (Å²) < 4.78 is 4.65. The summed E-state index contributed by atoms with van der Waals surface area (Å²) >= 11 is 0. The molecule has 0 radical (unpaired) electrons. The fraction of sp³-hybridized carbons (Fsp3) is 0.130. The van der Waals surface area contributed by atoms with E-state index in [-0.39, 0.29) is 0 Å². The van der Waals surface area contributed by atoms with E-state index in [1.54, 1.807) is 48.5 Å². The minimum atomic E-state index is -2.56. The number of ether oxygens (including phenoxy) is 1. The predicted octanol–water partition coefficient (Wildman–Crippen LogP) is 3.30. The number of allylic oxidation sites excluding steroid dienone is 2. The molecule has 0 saturated heterocycles. The minimum Gasteiger partial charge on any atom is -0.468 e. The number of ketones is 3. The lowest BCUT2D eigenvalue weighted by Crippen LogP contribution is -2.51. The van der Waals surface area contributed by atoms with Crippen LogP contribution in [0.4, 0.5) is 0 Å². The molecule has 0 bridgehead atoms. The van der Waals surface area contributed by atoms with Gasteiger partial charge in [-0.25, -0.2) is 4.79 Å². The number of hydrogen-bond donors (Lipinski definition) is 0. The topological polar surface area (TPSA) is 77.5 Å². The summed E-state index contributed by atoms with van der Waals surface area (Å²) in [4.78, 5) is 50.5. The molecule has 0 saturated carbocycles. The smallest absolute Gasteiger partial charge is 0.335 e. The quantitative estimate of drug-likeness (QED) is 0.401. The maximum atomic E-state index is 12.9. The van der Waals surface area contributed by atoms with Gasteiger partial charge in [0.15, 0.2) is 17.3 Å². The Balaban J connectivity index is 2.44. The number of carbonyl (C=O) groups excluding carboxylic acids is 4. The van der Waals surface area contributed by atoms with E-state index in [4.69, 9.17) is 0 Å². The number of carbonyl (C=O) groups is 4. The zero-order chi connectivity index (χ0) is 20.6. The second kappa shape index (κ2) is 9.37. The molecule has 28 heavy (non-hydrogen) atoms. The molecule has 0 fully saturated rings. The molecular weight excluding hydrogens is 356 g/mol. The molecule has 5 heteroatoms. The molecule has 2 aromatic rings. The van der Waals surface area contributed by atoms with Gasteiger partial charge in [-0.1, -0.05) is 72.8 Å². The maximum Gasteiger partial charge on any atom is 0.335 e. The lowest BCUT2D eigenvalue weighted by atomic mass is 9.75. The van der Waals surface area contributed by atoms with Crippen molar-refractivity contribution in [3.05, 3.63) is 83.9 Å². The van der Waals surface area contributed by atoms with E-state index in [0.717, 1.165) is 26.2 Å². The Morgan fingerprint density at radius 3 is 1.46 bits per heavy atom. The molecule has 0 spiro atoms. The summed E-state index contributed by atoms with van der Waals surface area (Å²) in [6.07, 6.45) is 5.00. The summed E-state index contributed by atoms with van der Waals surface area (Å²) in [6, 6.07) is 17.7. The molecule has 0 heterocycles. The zero-order valence-electron chi connectivity index (χ0n) is 15.6. The molecule has 0 N–H and O–H groups in total. The first-order chi connectivity index (χ1) is 13.4. The van der Waals surface area contributed by atoms with E-state index in [1.807, 2.05) is 12.1 Å². The van der Waals surface area contributed by atoms with E-state index in [2.05, 4.69) is 4.74 Å². The summed E-state index contributed by atoms with van der Waals surface area (Å²) in [5, 5.41) is 0. The Morgan fingerprint density at radius 1 is 0.750 bits per heavy atom. The first kappa shape index (κ1) is 20.7. The molecule has 5 nitrogen and oxygen atoms in total. The van der Waals surface area contributed by atoms with Gasteiger partial charge in [0, 0.05) is 0 Å². The third kappa shape index (κ3) is 4.38. The number of esters is 1. The molecule has 0 amide bonds. The van der Waals surface area contributed by atoms with Crippen molar-refractivity contribution in [2.45, 2.75) is 6.92 Å². The van der Waals surface area contributed by atoms with Gasteiger partial charge in [-0.3, -0.25) is 14.4 Å². The number of hydrogen-bond acceptors (Lipinski definition) is 5. The molecule has 2 rings (SSSR count). The molecule has 0 atom stereocenters. The number of benzene rings is 2. The molecule has 0 aliphatic rings. The summed E-state index contributed by atoms with van der Waals surface area (Å²) in [7, 11) is 1.03. The van der Waals surface area contributed by atoms with Gasteiger partial charge >= 0.3 is 5.97 Å². The van der Waals surface area contributed by atoms with Crippen molar-refractivity contribution in [1.82, 2.24) is 0 Å². The van der Waals surface area contributed by atoms with Gasteiger partial charge in [-0.2, -0.15) is 0 Å². The Labute approximate surface area is 163 Å². The first-order valence-corrected chi connectivity index (χ1v) is 8.57. The zero-order valence-corrected chi connectivity index (χ0v) is 15.6. The average Bonchev–Trinajstić information content (AvgIpc) is 2.72. The van der Waals surface area contributed by atoms with Gasteiger partial charge in [0.25, 0.3) is 0 Å². The van der Waals surface area contributed by atoms with Crippen LogP contribution in [-0.2, 0) is 23.9 Å². The van der Waals surface area contributed by atoms with Crippen molar-refractivity contribution in [1.29, 1.82) is 0 Å². The summed E-state index contributed by atoms with van der Waals surface area (Å²) in [5.41, 5.74) is -1.19. The lowest BCUT2D eigenvalue weighted by molar-refractivity contribution is -0.162. The molecule has 142 valence electrons. The highest BCUT2D eigenvalue weighted by Crippen LogP contribution is 2.26. The van der Waals surface area contributed by atoms with Crippen LogP contribution in [0.1, 0.15) is 18.1 Å². The third-order valence-electron chi connectivity index (χ3n) is 4.21. The van der Waals surface area contributed by atoms with Crippen molar-refractivity contribution in [2.75, 3.05) is 7.11 Å². The van der Waals surface area contributed by atoms with Gasteiger partial charge in [0.2, 0.25) is 5.41 Å². The largest absolute Gasteiger partial charge is 0.468 e. The highest BCUT2D eigenvalue weighted by Gasteiger charge is 2.55. The molecule has 0 aromatic heterocycles. The van der Waals surface area contributed by atoms with Crippen LogP contribution >= 0.6 is 0 Å². The highest BCUT2D eigenvalue weighted by molar-refractivity contribution is 6.41. The number of rotatable bonds is 8. The van der Waals surface area contributed by atoms with Crippen LogP contribution in [0.2, 0.25) is 0 Å². The molecular formula is C23H20O5. The van der Waals surface area contributed by atoms with Crippen LogP contribution in [0.5, 0.6) is 0 Å². The lowest BCUT2D eigenvalue weighted by Gasteiger charge is -2.22. The van der Waals surface area contributed by atoms with Gasteiger partial charge in [0.05, 0.1) is 7.11 Å². The maximum absolute atomic E-state index is 12.9. The average molecular weight is 376 g/mol. The molecule has 0 unspecified atom stereocenters. The van der Waals surface area contributed by atoms with Gasteiger partial charge < -0.3 is 4.74 Å². The molecule has 2 aromatic carbocycles. The van der Waals surface area contributed by atoms with E-state index in [0.29, 0.717) is 11.1 Å². The van der Waals surface area contributed by atoms with Crippen LogP contribution in [-0.4, -0.2) is 30.4 Å². The fourth-order valence-corrected chi connectivity index (χ4v) is 2.69. The Morgan fingerprint density at radius 2 is 1.14 bits per heavy atom. The van der Waals surface area contributed by atoms with E-state index in [9.17, 15) is 19.2 Å². The predicted molar refractivity (Wildman–Crippen MR) is 106 cm³/mol. The Hall–Kier alpha value is -3.60. The molecule has 0 aliphatic heterocycles. The van der Waals surface area contributed by atoms with Crippen molar-refractivity contribution in [3.63, 3.8) is 0 Å². The van der Waals surface area contributed by atoms with Gasteiger partial charge in [0.1, 0.15) is 0 Å². The van der Waals surface area contributed by atoms with Gasteiger partial charge in [-0.05, 0) is 30.2 Å². The normalized spacial score (nSPS) is 11.5. The van der Waals surface area contributed by atoms with E-state index >= 15 is 0 Å². The standard InChI is InChI=1S/C23H20O5/c1-17(24)23(22(27)28-2,20(25)15-13-18-9-5-3-6-10-18)21(26)16-14-19-11-7-4-8-12-19/h3-16H,1-2H3/b15-13+,16-14+. The Kier molecular flexibility index (Phi) is 6.93.